The first-order valence-electron chi connectivity index (χ1n) is 7.47. The van der Waals surface area contributed by atoms with Crippen molar-refractivity contribution in [2.75, 3.05) is 13.2 Å². The lowest BCUT2D eigenvalue weighted by atomic mass is 10.0. The van der Waals surface area contributed by atoms with E-state index in [1.165, 1.54) is 0 Å². The van der Waals surface area contributed by atoms with Crippen LogP contribution in [0.1, 0.15) is 12.5 Å². The van der Waals surface area contributed by atoms with Crippen molar-refractivity contribution < 1.29 is 9.84 Å². The normalized spacial score (nSPS) is 22.0. The molecule has 0 bridgehead atoms. The molecule has 2 aromatic heterocycles. The molecule has 1 aliphatic rings. The van der Waals surface area contributed by atoms with Crippen LogP contribution >= 0.6 is 0 Å². The monoisotopic (exact) mass is 295 g/mol. The molecule has 22 heavy (non-hydrogen) atoms. The number of hydrogen-bond acceptors (Lipinski definition) is 4. The Kier molecular flexibility index (Phi) is 3.36. The Labute approximate surface area is 128 Å². The molecule has 0 radical (unpaired) electrons. The largest absolute Gasteiger partial charge is 0.391 e. The maximum Gasteiger partial charge on any atom is 0.140 e. The number of fused-ring (bicyclic) bond motifs is 1. The molecule has 1 saturated heterocycles. The highest BCUT2D eigenvalue weighted by Gasteiger charge is 2.27. The van der Waals surface area contributed by atoms with Gasteiger partial charge in [0.1, 0.15) is 5.82 Å². The van der Waals surface area contributed by atoms with Gasteiger partial charge < -0.3 is 14.4 Å². The minimum Gasteiger partial charge on any atom is -0.391 e. The van der Waals surface area contributed by atoms with Gasteiger partial charge in [0, 0.05) is 36.1 Å². The molecule has 2 atom stereocenters. The van der Waals surface area contributed by atoms with E-state index in [4.69, 9.17) is 4.74 Å². The number of aliphatic hydroxyl groups excluding tert-OH is 1. The maximum absolute atomic E-state index is 10.3. The molecule has 112 valence electrons. The second-order valence-corrected chi connectivity index (χ2v) is 5.53. The van der Waals surface area contributed by atoms with Crippen molar-refractivity contribution in [1.29, 1.82) is 0 Å². The molecule has 0 spiro atoms. The van der Waals surface area contributed by atoms with Gasteiger partial charge in [0.25, 0.3) is 0 Å². The first-order chi connectivity index (χ1) is 10.8. The summed E-state index contributed by atoms with van der Waals surface area (Å²) in [6.07, 6.45) is 5.71. The second kappa shape index (κ2) is 5.51. The Hall–Kier alpha value is -2.24. The number of pyridine rings is 1. The molecule has 1 N–H and O–H groups in total. The Morgan fingerprint density at radius 1 is 1.14 bits per heavy atom. The van der Waals surface area contributed by atoms with Crippen molar-refractivity contribution in [2.45, 2.75) is 18.6 Å². The Bertz CT molecular complexity index is 794. The fraction of sp³-hybridized carbons (Fsp3) is 0.294. The van der Waals surface area contributed by atoms with Crippen LogP contribution in [0.15, 0.2) is 48.9 Å². The third-order valence-electron chi connectivity index (χ3n) is 4.20. The summed E-state index contributed by atoms with van der Waals surface area (Å²) in [5, 5.41) is 11.3. The highest BCUT2D eigenvalue weighted by molar-refractivity contribution is 5.92. The van der Waals surface area contributed by atoms with E-state index in [0.717, 1.165) is 22.3 Å². The molecule has 4 rings (SSSR count). The third-order valence-corrected chi connectivity index (χ3v) is 4.20. The first-order valence-corrected chi connectivity index (χ1v) is 7.47. The molecule has 1 aromatic carbocycles. The van der Waals surface area contributed by atoms with E-state index in [9.17, 15) is 5.11 Å². The summed E-state index contributed by atoms with van der Waals surface area (Å²) in [6, 6.07) is 9.89. The van der Waals surface area contributed by atoms with Gasteiger partial charge in [0.15, 0.2) is 0 Å². The van der Waals surface area contributed by atoms with Crippen LogP contribution in [-0.2, 0) is 4.74 Å². The number of ether oxygens (including phenoxy) is 1. The molecular formula is C17H17N3O2. The van der Waals surface area contributed by atoms with E-state index >= 15 is 0 Å². The van der Waals surface area contributed by atoms with Gasteiger partial charge in [-0.15, -0.1) is 0 Å². The number of aromatic nitrogens is 3. The SMILES string of the molecule is O[C@@H]1CCOC[C@H]1n1ccnc1-c1cccc2ncccc12. The van der Waals surface area contributed by atoms with Crippen LogP contribution in [0.5, 0.6) is 0 Å². The van der Waals surface area contributed by atoms with Gasteiger partial charge in [-0.3, -0.25) is 4.98 Å². The van der Waals surface area contributed by atoms with Crippen LogP contribution in [0.3, 0.4) is 0 Å². The molecule has 0 unspecified atom stereocenters. The second-order valence-electron chi connectivity index (χ2n) is 5.53. The zero-order valence-electron chi connectivity index (χ0n) is 12.1. The van der Waals surface area contributed by atoms with E-state index < -0.39 is 6.10 Å². The highest BCUT2D eigenvalue weighted by atomic mass is 16.5. The molecule has 1 fully saturated rings. The smallest absolute Gasteiger partial charge is 0.140 e. The van der Waals surface area contributed by atoms with Crippen LogP contribution in [-0.4, -0.2) is 39.0 Å². The summed E-state index contributed by atoms with van der Waals surface area (Å²) in [5.41, 5.74) is 1.96. The zero-order chi connectivity index (χ0) is 14.9. The molecule has 3 heterocycles. The molecule has 5 heteroatoms. The van der Waals surface area contributed by atoms with Crippen molar-refractivity contribution in [3.05, 3.63) is 48.9 Å². The molecule has 5 nitrogen and oxygen atoms in total. The van der Waals surface area contributed by atoms with Crippen molar-refractivity contribution >= 4 is 10.9 Å². The van der Waals surface area contributed by atoms with Crippen LogP contribution < -0.4 is 0 Å². The lowest BCUT2D eigenvalue weighted by molar-refractivity contribution is -0.0285. The van der Waals surface area contributed by atoms with E-state index in [1.54, 1.807) is 12.4 Å². The average molecular weight is 295 g/mol. The maximum atomic E-state index is 10.3. The fourth-order valence-corrected chi connectivity index (χ4v) is 3.06. The van der Waals surface area contributed by atoms with E-state index in [-0.39, 0.29) is 6.04 Å². The van der Waals surface area contributed by atoms with Crippen LogP contribution in [0.4, 0.5) is 0 Å². The number of aliphatic hydroxyl groups is 1. The predicted molar refractivity (Wildman–Crippen MR) is 83.4 cm³/mol. The van der Waals surface area contributed by atoms with Crippen molar-refractivity contribution in [2.24, 2.45) is 0 Å². The number of hydrogen-bond donors (Lipinski definition) is 1. The summed E-state index contributed by atoms with van der Waals surface area (Å²) in [6.45, 7) is 1.12. The third kappa shape index (κ3) is 2.19. The highest BCUT2D eigenvalue weighted by Crippen LogP contribution is 2.30. The molecular weight excluding hydrogens is 278 g/mol. The van der Waals surface area contributed by atoms with Gasteiger partial charge in [0.2, 0.25) is 0 Å². The fourth-order valence-electron chi connectivity index (χ4n) is 3.06. The van der Waals surface area contributed by atoms with Crippen LogP contribution in [0.2, 0.25) is 0 Å². The number of benzene rings is 1. The van der Waals surface area contributed by atoms with E-state index in [2.05, 4.69) is 9.97 Å². The Balaban J connectivity index is 1.85. The minimum absolute atomic E-state index is 0.0989. The molecule has 0 amide bonds. The number of nitrogens with zero attached hydrogens (tertiary/aromatic N) is 3. The first kappa shape index (κ1) is 13.4. The van der Waals surface area contributed by atoms with Crippen molar-refractivity contribution in [3.63, 3.8) is 0 Å². The Morgan fingerprint density at radius 2 is 2.09 bits per heavy atom. The summed E-state index contributed by atoms with van der Waals surface area (Å²) in [4.78, 5) is 8.91. The van der Waals surface area contributed by atoms with E-state index in [1.807, 2.05) is 41.1 Å². The van der Waals surface area contributed by atoms with Crippen molar-refractivity contribution in [1.82, 2.24) is 14.5 Å². The molecule has 0 saturated carbocycles. The number of rotatable bonds is 2. The predicted octanol–water partition coefficient (Wildman–Crippen LogP) is 2.42. The average Bonchev–Trinajstić information content (AvgIpc) is 3.04. The van der Waals surface area contributed by atoms with Gasteiger partial charge in [0.05, 0.1) is 24.3 Å². The van der Waals surface area contributed by atoms with Gasteiger partial charge >= 0.3 is 0 Å². The Morgan fingerprint density at radius 3 is 3.00 bits per heavy atom. The van der Waals surface area contributed by atoms with Crippen molar-refractivity contribution in [3.8, 4) is 11.4 Å². The zero-order valence-corrected chi connectivity index (χ0v) is 12.1. The summed E-state index contributed by atoms with van der Waals surface area (Å²) >= 11 is 0. The molecule has 3 aromatic rings. The number of imidazole rings is 1. The molecule has 1 aliphatic heterocycles. The van der Waals surface area contributed by atoms with Gasteiger partial charge in [-0.05, 0) is 18.6 Å². The summed E-state index contributed by atoms with van der Waals surface area (Å²) in [5.74, 6) is 0.841. The van der Waals surface area contributed by atoms with Gasteiger partial charge in [-0.25, -0.2) is 4.98 Å². The van der Waals surface area contributed by atoms with Crippen LogP contribution in [0.25, 0.3) is 22.3 Å². The van der Waals surface area contributed by atoms with Gasteiger partial charge in [-0.2, -0.15) is 0 Å². The summed E-state index contributed by atoms with van der Waals surface area (Å²) in [7, 11) is 0. The van der Waals surface area contributed by atoms with E-state index in [0.29, 0.717) is 19.6 Å². The standard InChI is InChI=1S/C17H17N3O2/c21-16-6-10-22-11-15(16)20-9-8-19-17(20)13-3-1-5-14-12(13)4-2-7-18-14/h1-5,7-9,15-16,21H,6,10-11H2/t15-,16-/m1/s1. The molecule has 0 aliphatic carbocycles. The van der Waals surface area contributed by atoms with Gasteiger partial charge in [-0.1, -0.05) is 18.2 Å². The minimum atomic E-state index is -0.408. The quantitative estimate of drug-likeness (QED) is 0.789. The topological polar surface area (TPSA) is 60.2 Å². The lowest BCUT2D eigenvalue weighted by Gasteiger charge is -2.30. The summed E-state index contributed by atoms with van der Waals surface area (Å²) < 4.78 is 7.55. The lowest BCUT2D eigenvalue weighted by Crippen LogP contribution is -2.34. The van der Waals surface area contributed by atoms with Crippen LogP contribution in [0, 0.1) is 0 Å².